The highest BCUT2D eigenvalue weighted by Gasteiger charge is 2.22. The number of hydrogen-bond donors (Lipinski definition) is 0. The summed E-state index contributed by atoms with van der Waals surface area (Å²) in [5, 5.41) is 8.09. The number of hydrogen-bond acceptors (Lipinski definition) is 3. The first-order valence-electron chi connectivity index (χ1n) is 19.7. The molecule has 0 bridgehead atoms. The van der Waals surface area contributed by atoms with Crippen molar-refractivity contribution in [1.82, 2.24) is 4.57 Å². The Labute approximate surface area is 334 Å². The molecule has 58 heavy (non-hydrogen) atoms. The van der Waals surface area contributed by atoms with Crippen LogP contribution in [0.2, 0.25) is 0 Å². The molecule has 0 atom stereocenters. The second-order valence-corrected chi connectivity index (χ2v) is 14.9. The first-order valence-corrected chi connectivity index (χ1v) is 19.7. The molecule has 0 amide bonds. The first-order chi connectivity index (χ1) is 28.8. The Morgan fingerprint density at radius 1 is 0.379 bits per heavy atom. The van der Waals surface area contributed by atoms with Crippen LogP contribution in [-0.4, -0.2) is 4.57 Å². The third kappa shape index (κ3) is 5.02. The molecule has 0 radical (unpaired) electrons. The fourth-order valence-electron chi connectivity index (χ4n) is 8.94. The number of furan rings is 2. The lowest BCUT2D eigenvalue weighted by molar-refractivity contribution is 0.645. The van der Waals surface area contributed by atoms with Crippen molar-refractivity contribution >= 4 is 82.7 Å². The fraction of sp³-hybridized carbons (Fsp3) is 0. The largest absolute Gasteiger partial charge is 0.456 e. The molecule has 4 heteroatoms. The summed E-state index contributed by atoms with van der Waals surface area (Å²) >= 11 is 0. The molecule has 3 heterocycles. The molecule has 0 aliphatic rings. The fourth-order valence-corrected chi connectivity index (χ4v) is 8.94. The Kier molecular flexibility index (Phi) is 7.20. The number of nitrogens with zero attached hydrogens (tertiary/aromatic N) is 2. The van der Waals surface area contributed by atoms with Gasteiger partial charge in [0.1, 0.15) is 16.7 Å². The molecule has 0 aliphatic heterocycles. The summed E-state index contributed by atoms with van der Waals surface area (Å²) in [5.41, 5.74) is 13.5. The number of fused-ring (bicyclic) bond motifs is 9. The topological polar surface area (TPSA) is 34.5 Å². The van der Waals surface area contributed by atoms with Crippen molar-refractivity contribution in [3.63, 3.8) is 0 Å². The Morgan fingerprint density at radius 3 is 1.83 bits per heavy atom. The van der Waals surface area contributed by atoms with E-state index >= 15 is 0 Å². The highest BCUT2D eigenvalue weighted by Crippen LogP contribution is 2.45. The number of benzene rings is 9. The van der Waals surface area contributed by atoms with E-state index in [0.29, 0.717) is 0 Å². The van der Waals surface area contributed by atoms with Gasteiger partial charge in [-0.05, 0) is 106 Å². The average Bonchev–Trinajstić information content (AvgIpc) is 3.96. The second-order valence-electron chi connectivity index (χ2n) is 14.9. The number of para-hydroxylation sites is 3. The summed E-state index contributed by atoms with van der Waals surface area (Å²) in [6.45, 7) is 0. The lowest BCUT2D eigenvalue weighted by atomic mass is 9.98. The Morgan fingerprint density at radius 2 is 1.00 bits per heavy atom. The van der Waals surface area contributed by atoms with Crippen LogP contribution in [0.15, 0.2) is 215 Å². The van der Waals surface area contributed by atoms with Gasteiger partial charge in [-0.3, -0.25) is 4.57 Å². The quantitative estimate of drug-likeness (QED) is 0.170. The maximum Gasteiger partial charge on any atom is 0.213 e. The zero-order valence-electron chi connectivity index (χ0n) is 31.3. The minimum absolute atomic E-state index is 0.859. The van der Waals surface area contributed by atoms with Crippen LogP contribution in [0.4, 0.5) is 17.1 Å². The first kappa shape index (κ1) is 32.4. The van der Waals surface area contributed by atoms with E-state index in [1.807, 2.05) is 18.2 Å². The van der Waals surface area contributed by atoms with Crippen molar-refractivity contribution in [2.45, 2.75) is 0 Å². The lowest BCUT2D eigenvalue weighted by Crippen LogP contribution is -2.10. The molecule has 0 saturated carbocycles. The van der Waals surface area contributed by atoms with E-state index in [2.05, 4.69) is 198 Å². The molecule has 0 N–H and O–H groups in total. The van der Waals surface area contributed by atoms with Crippen LogP contribution in [0.3, 0.4) is 0 Å². The van der Waals surface area contributed by atoms with E-state index < -0.39 is 0 Å². The molecular weight excluding hydrogens is 709 g/mol. The molecule has 12 rings (SSSR count). The maximum absolute atomic E-state index is 6.74. The standard InChI is InChI=1S/C54H34N2O2/c1-2-14-39(15-3-1)56-47-20-8-6-17-44(47)52-46-33-28-38(34-51(46)58-54(52)56)35-24-29-40(30-25-35)55(48-21-11-23-50-53(48)45-18-7-9-22-49(45)57-50)41-31-26-37(27-32-41)43-19-10-13-36-12-4-5-16-42(36)43/h1-34H. The summed E-state index contributed by atoms with van der Waals surface area (Å²) in [6.07, 6.45) is 0. The number of anilines is 3. The maximum atomic E-state index is 6.74. The van der Waals surface area contributed by atoms with E-state index in [1.54, 1.807) is 0 Å². The van der Waals surface area contributed by atoms with Gasteiger partial charge < -0.3 is 13.7 Å². The van der Waals surface area contributed by atoms with Crippen LogP contribution >= 0.6 is 0 Å². The van der Waals surface area contributed by atoms with E-state index in [1.165, 1.54) is 27.3 Å². The van der Waals surface area contributed by atoms with Crippen molar-refractivity contribution in [2.24, 2.45) is 0 Å². The average molecular weight is 743 g/mol. The van der Waals surface area contributed by atoms with Gasteiger partial charge in [0.25, 0.3) is 0 Å². The van der Waals surface area contributed by atoms with Gasteiger partial charge in [-0.15, -0.1) is 0 Å². The van der Waals surface area contributed by atoms with Crippen LogP contribution in [-0.2, 0) is 0 Å². The highest BCUT2D eigenvalue weighted by molar-refractivity contribution is 6.20. The zero-order valence-corrected chi connectivity index (χ0v) is 31.3. The predicted molar refractivity (Wildman–Crippen MR) is 241 cm³/mol. The smallest absolute Gasteiger partial charge is 0.213 e. The van der Waals surface area contributed by atoms with Gasteiger partial charge in [-0.1, -0.05) is 133 Å². The van der Waals surface area contributed by atoms with E-state index in [-0.39, 0.29) is 0 Å². The minimum Gasteiger partial charge on any atom is -0.456 e. The second kappa shape index (κ2) is 12.9. The highest BCUT2D eigenvalue weighted by atomic mass is 16.3. The van der Waals surface area contributed by atoms with E-state index in [0.717, 1.165) is 83.4 Å². The lowest BCUT2D eigenvalue weighted by Gasteiger charge is -2.26. The molecule has 0 fully saturated rings. The van der Waals surface area contributed by atoms with Gasteiger partial charge in [-0.2, -0.15) is 0 Å². The van der Waals surface area contributed by atoms with Crippen molar-refractivity contribution in [1.29, 1.82) is 0 Å². The number of aromatic nitrogens is 1. The van der Waals surface area contributed by atoms with E-state index in [4.69, 9.17) is 8.83 Å². The molecule has 12 aromatic rings. The van der Waals surface area contributed by atoms with Crippen LogP contribution < -0.4 is 4.90 Å². The Hall–Kier alpha value is -7.82. The molecule has 9 aromatic carbocycles. The van der Waals surface area contributed by atoms with Gasteiger partial charge in [0, 0.05) is 33.2 Å². The molecule has 3 aromatic heterocycles. The van der Waals surface area contributed by atoms with E-state index in [9.17, 15) is 0 Å². The molecule has 0 spiro atoms. The van der Waals surface area contributed by atoms with Crippen LogP contribution in [0, 0.1) is 0 Å². The molecule has 0 saturated heterocycles. The third-order valence-electron chi connectivity index (χ3n) is 11.6. The van der Waals surface area contributed by atoms with Crippen molar-refractivity contribution in [2.75, 3.05) is 4.90 Å². The molecule has 0 aliphatic carbocycles. The van der Waals surface area contributed by atoms with Crippen molar-refractivity contribution < 1.29 is 8.83 Å². The summed E-state index contributed by atoms with van der Waals surface area (Å²) in [6, 6.07) is 73.1. The summed E-state index contributed by atoms with van der Waals surface area (Å²) in [4.78, 5) is 2.34. The van der Waals surface area contributed by atoms with Crippen molar-refractivity contribution in [3.8, 4) is 27.9 Å². The Bertz CT molecular complexity index is 3490. The van der Waals surface area contributed by atoms with Gasteiger partial charge in [0.2, 0.25) is 5.71 Å². The monoisotopic (exact) mass is 742 g/mol. The van der Waals surface area contributed by atoms with Crippen LogP contribution in [0.25, 0.3) is 93.6 Å². The summed E-state index contributed by atoms with van der Waals surface area (Å²) in [5.74, 6) is 0. The van der Waals surface area contributed by atoms with Gasteiger partial charge in [0.15, 0.2) is 0 Å². The third-order valence-corrected chi connectivity index (χ3v) is 11.6. The van der Waals surface area contributed by atoms with Crippen molar-refractivity contribution in [3.05, 3.63) is 206 Å². The summed E-state index contributed by atoms with van der Waals surface area (Å²) < 4.78 is 15.4. The molecule has 272 valence electrons. The normalized spacial score (nSPS) is 11.8. The zero-order chi connectivity index (χ0) is 38.2. The molecular formula is C54H34N2O2. The van der Waals surface area contributed by atoms with Gasteiger partial charge >= 0.3 is 0 Å². The summed E-state index contributed by atoms with van der Waals surface area (Å²) in [7, 11) is 0. The Balaban J connectivity index is 0.976. The minimum atomic E-state index is 0.859. The SMILES string of the molecule is c1ccc(-n2c3ccccc3c3c4ccc(-c5ccc(N(c6ccc(-c7cccc8ccccc78)cc6)c6cccc7oc8ccccc8c67)cc5)cc4oc32)cc1. The van der Waals surface area contributed by atoms with Crippen LogP contribution in [0.1, 0.15) is 0 Å². The molecule has 0 unspecified atom stereocenters. The van der Waals surface area contributed by atoms with Gasteiger partial charge in [0.05, 0.1) is 22.0 Å². The predicted octanol–water partition coefficient (Wildman–Crippen LogP) is 15.4. The van der Waals surface area contributed by atoms with Crippen LogP contribution in [0.5, 0.6) is 0 Å². The number of rotatable bonds is 6. The van der Waals surface area contributed by atoms with Gasteiger partial charge in [-0.25, -0.2) is 0 Å². The molecule has 4 nitrogen and oxygen atoms in total.